The van der Waals surface area contributed by atoms with E-state index in [0.717, 1.165) is 37.1 Å². The number of hydrogen-bond acceptors (Lipinski definition) is 5. The topological polar surface area (TPSA) is 59.0 Å². The molecule has 144 valence electrons. The maximum absolute atomic E-state index is 10.7. The van der Waals surface area contributed by atoms with Crippen molar-refractivity contribution in [3.8, 4) is 11.5 Å². The van der Waals surface area contributed by atoms with Gasteiger partial charge in [-0.15, -0.1) is 0 Å². The molecule has 0 aromatic heterocycles. The van der Waals surface area contributed by atoms with Crippen LogP contribution in [0.1, 0.15) is 12.0 Å². The second-order valence-electron chi connectivity index (χ2n) is 6.69. The summed E-state index contributed by atoms with van der Waals surface area (Å²) >= 11 is 5.89. The molecule has 0 amide bonds. The van der Waals surface area contributed by atoms with Crippen molar-refractivity contribution >= 4 is 17.9 Å². The smallest absolute Gasteiger partial charge is 0.124 e. The second-order valence-corrected chi connectivity index (χ2v) is 7.12. The lowest BCUT2D eigenvalue weighted by atomic mass is 10.1. The second kappa shape index (κ2) is 9.74. The number of carbonyl (C=O) groups is 1. The maximum atomic E-state index is 10.7. The van der Waals surface area contributed by atoms with Crippen molar-refractivity contribution in [3.63, 3.8) is 0 Å². The van der Waals surface area contributed by atoms with Gasteiger partial charge in [0.25, 0.3) is 0 Å². The number of likely N-dealkylation sites (tertiary alicyclic amines) is 1. The van der Waals surface area contributed by atoms with Gasteiger partial charge in [-0.3, -0.25) is 4.90 Å². The number of β-amino-alcohol motifs (C(OH)–C–C–N with tert-alkyl or cyclic N) is 1. The summed E-state index contributed by atoms with van der Waals surface area (Å²) in [4.78, 5) is 12.9. The molecule has 1 aliphatic rings. The number of aldehydes is 1. The summed E-state index contributed by atoms with van der Waals surface area (Å²) in [6.07, 6.45) is 1.57. The third-order valence-corrected chi connectivity index (χ3v) is 4.77. The normalized spacial score (nSPS) is 18.2. The molecule has 1 aliphatic heterocycles. The lowest BCUT2D eigenvalue weighted by Gasteiger charge is -2.21. The van der Waals surface area contributed by atoms with Gasteiger partial charge in [0.05, 0.1) is 0 Å². The number of aliphatic hydroxyl groups is 1. The predicted octanol–water partition coefficient (Wildman–Crippen LogP) is 2.97. The van der Waals surface area contributed by atoms with Crippen LogP contribution in [0, 0.1) is 0 Å². The van der Waals surface area contributed by atoms with E-state index in [1.165, 1.54) is 0 Å². The highest BCUT2D eigenvalue weighted by Gasteiger charge is 2.25. The molecule has 2 atom stereocenters. The van der Waals surface area contributed by atoms with Crippen LogP contribution in [0.3, 0.4) is 0 Å². The lowest BCUT2D eigenvalue weighted by Crippen LogP contribution is -2.35. The van der Waals surface area contributed by atoms with E-state index in [2.05, 4.69) is 4.90 Å². The third kappa shape index (κ3) is 5.96. The summed E-state index contributed by atoms with van der Waals surface area (Å²) in [5, 5.41) is 11.0. The van der Waals surface area contributed by atoms with Crippen LogP contribution < -0.4 is 9.47 Å². The summed E-state index contributed by atoms with van der Waals surface area (Å²) in [6.45, 7) is 2.35. The Bertz CT molecular complexity index is 737. The van der Waals surface area contributed by atoms with Crippen LogP contribution in [0.4, 0.5) is 0 Å². The van der Waals surface area contributed by atoms with E-state index in [0.29, 0.717) is 23.7 Å². The fourth-order valence-electron chi connectivity index (χ4n) is 3.20. The molecular weight excluding hydrogens is 366 g/mol. The average molecular weight is 390 g/mol. The molecule has 0 spiro atoms. The van der Waals surface area contributed by atoms with Crippen LogP contribution in [-0.2, 0) is 11.2 Å². The molecular formula is C21H24ClNO4. The first-order valence-electron chi connectivity index (χ1n) is 9.11. The Kier molecular flexibility index (Phi) is 7.10. The molecule has 6 heteroatoms. The minimum Gasteiger partial charge on any atom is -0.491 e. The molecule has 2 aromatic carbocycles. The first kappa shape index (κ1) is 19.7. The number of nitrogens with zero attached hydrogens (tertiary/aromatic N) is 1. The molecule has 27 heavy (non-hydrogen) atoms. The Morgan fingerprint density at radius 2 is 2.00 bits per heavy atom. The summed E-state index contributed by atoms with van der Waals surface area (Å²) in [7, 11) is 0. The van der Waals surface area contributed by atoms with Crippen molar-refractivity contribution in [1.82, 2.24) is 4.90 Å². The fourth-order valence-corrected chi connectivity index (χ4v) is 3.33. The first-order valence-corrected chi connectivity index (χ1v) is 9.49. The van der Waals surface area contributed by atoms with Gasteiger partial charge in [-0.1, -0.05) is 29.8 Å². The Labute approximate surface area is 164 Å². The minimum absolute atomic E-state index is 0.104. The summed E-state index contributed by atoms with van der Waals surface area (Å²) in [6, 6.07) is 14.8. The van der Waals surface area contributed by atoms with E-state index in [1.54, 1.807) is 0 Å². The van der Waals surface area contributed by atoms with Gasteiger partial charge in [-0.2, -0.15) is 0 Å². The van der Waals surface area contributed by atoms with Gasteiger partial charge in [0, 0.05) is 36.6 Å². The van der Waals surface area contributed by atoms with Gasteiger partial charge in [0.1, 0.15) is 36.6 Å². The summed E-state index contributed by atoms with van der Waals surface area (Å²) in [5.74, 6) is 1.45. The number of ether oxygens (including phenoxy) is 2. The Morgan fingerprint density at radius 3 is 2.78 bits per heavy atom. The number of benzene rings is 2. The van der Waals surface area contributed by atoms with E-state index in [1.807, 2.05) is 48.5 Å². The molecule has 0 saturated carbocycles. The predicted molar refractivity (Wildman–Crippen MR) is 105 cm³/mol. The Morgan fingerprint density at radius 1 is 1.22 bits per heavy atom. The van der Waals surface area contributed by atoms with Crippen molar-refractivity contribution in [3.05, 3.63) is 59.1 Å². The standard InChI is InChI=1S/C21H24ClNO4/c22-17-5-7-19(8-6-17)27-20-9-11-23(14-20)13-18(25)15-26-21-4-2-1-3-16(21)10-12-24/h1-8,12,18,20,25H,9-11,13-15H2. The number of rotatable bonds is 9. The van der Waals surface area contributed by atoms with Gasteiger partial charge < -0.3 is 19.4 Å². The van der Waals surface area contributed by atoms with Crippen LogP contribution in [0.25, 0.3) is 0 Å². The zero-order valence-corrected chi connectivity index (χ0v) is 15.8. The maximum Gasteiger partial charge on any atom is 0.124 e. The van der Waals surface area contributed by atoms with Crippen LogP contribution >= 0.6 is 11.6 Å². The highest BCUT2D eigenvalue weighted by Crippen LogP contribution is 2.21. The molecule has 1 fully saturated rings. The van der Waals surface area contributed by atoms with Crippen molar-refractivity contribution in [1.29, 1.82) is 0 Å². The summed E-state index contributed by atoms with van der Waals surface area (Å²) in [5.41, 5.74) is 0.831. The van der Waals surface area contributed by atoms with Crippen LogP contribution in [0.5, 0.6) is 11.5 Å². The lowest BCUT2D eigenvalue weighted by molar-refractivity contribution is -0.107. The van der Waals surface area contributed by atoms with E-state index < -0.39 is 6.10 Å². The average Bonchev–Trinajstić information content (AvgIpc) is 3.10. The van der Waals surface area contributed by atoms with E-state index in [4.69, 9.17) is 21.1 Å². The van der Waals surface area contributed by atoms with Gasteiger partial charge in [0.15, 0.2) is 0 Å². The molecule has 5 nitrogen and oxygen atoms in total. The molecule has 0 radical (unpaired) electrons. The van der Waals surface area contributed by atoms with Gasteiger partial charge in [-0.25, -0.2) is 0 Å². The van der Waals surface area contributed by atoms with E-state index >= 15 is 0 Å². The van der Waals surface area contributed by atoms with Gasteiger partial charge >= 0.3 is 0 Å². The zero-order chi connectivity index (χ0) is 19.1. The third-order valence-electron chi connectivity index (χ3n) is 4.52. The highest BCUT2D eigenvalue weighted by molar-refractivity contribution is 6.30. The van der Waals surface area contributed by atoms with Crippen LogP contribution in [0.2, 0.25) is 5.02 Å². The van der Waals surface area contributed by atoms with Crippen molar-refractivity contribution in [2.75, 3.05) is 26.2 Å². The molecule has 1 saturated heterocycles. The number of carbonyl (C=O) groups excluding carboxylic acids is 1. The zero-order valence-electron chi connectivity index (χ0n) is 15.1. The van der Waals surface area contributed by atoms with Gasteiger partial charge in [-0.05, 0) is 36.8 Å². The van der Waals surface area contributed by atoms with Crippen molar-refractivity contribution in [2.24, 2.45) is 0 Å². The molecule has 1 N–H and O–H groups in total. The molecule has 1 heterocycles. The molecule has 3 rings (SSSR count). The van der Waals surface area contributed by atoms with Crippen molar-refractivity contribution < 1.29 is 19.4 Å². The van der Waals surface area contributed by atoms with Crippen LogP contribution in [-0.4, -0.2) is 54.7 Å². The quantitative estimate of drug-likeness (QED) is 0.668. The monoisotopic (exact) mass is 389 g/mol. The SMILES string of the molecule is O=CCc1ccccc1OCC(O)CN1CCC(Oc2ccc(Cl)cc2)C1. The fraction of sp³-hybridized carbons (Fsp3) is 0.381. The van der Waals surface area contributed by atoms with Crippen molar-refractivity contribution in [2.45, 2.75) is 25.0 Å². The highest BCUT2D eigenvalue weighted by atomic mass is 35.5. The Balaban J connectivity index is 1.43. The molecule has 2 unspecified atom stereocenters. The number of para-hydroxylation sites is 1. The number of halogens is 1. The molecule has 0 bridgehead atoms. The molecule has 2 aromatic rings. The van der Waals surface area contributed by atoms with Gasteiger partial charge in [0.2, 0.25) is 0 Å². The number of hydrogen-bond donors (Lipinski definition) is 1. The van der Waals surface area contributed by atoms with E-state index in [-0.39, 0.29) is 12.7 Å². The number of aliphatic hydroxyl groups excluding tert-OH is 1. The minimum atomic E-state index is -0.608. The largest absolute Gasteiger partial charge is 0.491 e. The first-order chi connectivity index (χ1) is 13.1. The Hall–Kier alpha value is -2.08. The molecule has 0 aliphatic carbocycles. The van der Waals surface area contributed by atoms with E-state index in [9.17, 15) is 9.90 Å². The van der Waals surface area contributed by atoms with Crippen LogP contribution in [0.15, 0.2) is 48.5 Å². The summed E-state index contributed by atoms with van der Waals surface area (Å²) < 4.78 is 11.7.